The summed E-state index contributed by atoms with van der Waals surface area (Å²) >= 11 is 0. The van der Waals surface area contributed by atoms with E-state index >= 15 is 0 Å². The molecule has 0 aliphatic heterocycles. The molecule has 0 aliphatic carbocycles. The van der Waals surface area contributed by atoms with Crippen molar-refractivity contribution in [3.8, 4) is 0 Å². The number of hydrogen-bond donors (Lipinski definition) is 2. The molecule has 2 amide bonds. The maximum atomic E-state index is 12.1. The van der Waals surface area contributed by atoms with Crippen LogP contribution in [0.15, 0.2) is 61.2 Å². The third-order valence-corrected chi connectivity index (χ3v) is 2.91. The maximum Gasteiger partial charge on any atom is 0.255 e. The summed E-state index contributed by atoms with van der Waals surface area (Å²) in [7, 11) is 0. The Bertz CT molecular complexity index is 658. The van der Waals surface area contributed by atoms with Gasteiger partial charge in [-0.05, 0) is 49.4 Å². The van der Waals surface area contributed by atoms with E-state index in [-0.39, 0.29) is 11.8 Å². The fourth-order valence-corrected chi connectivity index (χ4v) is 1.74. The number of hydrogen-bond acceptors (Lipinski definition) is 2. The van der Waals surface area contributed by atoms with Gasteiger partial charge in [0, 0.05) is 16.9 Å². The lowest BCUT2D eigenvalue weighted by molar-refractivity contribution is -0.111. The van der Waals surface area contributed by atoms with Crippen molar-refractivity contribution < 1.29 is 9.59 Å². The van der Waals surface area contributed by atoms with Gasteiger partial charge in [-0.3, -0.25) is 9.59 Å². The minimum atomic E-state index is -0.285. The van der Waals surface area contributed by atoms with E-state index in [2.05, 4.69) is 17.2 Å². The first-order chi connectivity index (χ1) is 10.1. The van der Waals surface area contributed by atoms with Crippen molar-refractivity contribution in [1.29, 1.82) is 0 Å². The number of nitrogens with one attached hydrogen (secondary N) is 2. The highest BCUT2D eigenvalue weighted by molar-refractivity contribution is 6.05. The number of benzene rings is 2. The van der Waals surface area contributed by atoms with Gasteiger partial charge in [-0.15, -0.1) is 0 Å². The first-order valence-corrected chi connectivity index (χ1v) is 6.50. The molecule has 0 fully saturated rings. The number of amides is 2. The molecule has 2 aromatic rings. The summed E-state index contributed by atoms with van der Waals surface area (Å²) in [6.45, 7) is 5.37. The average molecular weight is 280 g/mol. The van der Waals surface area contributed by atoms with Gasteiger partial charge in [-0.1, -0.05) is 24.3 Å². The van der Waals surface area contributed by atoms with Crippen LogP contribution in [0.25, 0.3) is 0 Å². The first-order valence-electron chi connectivity index (χ1n) is 6.50. The number of carbonyl (C=O) groups is 2. The van der Waals surface area contributed by atoms with E-state index in [0.717, 1.165) is 11.3 Å². The molecule has 0 spiro atoms. The normalized spacial score (nSPS) is 9.76. The van der Waals surface area contributed by atoms with Crippen LogP contribution in [0, 0.1) is 6.92 Å². The van der Waals surface area contributed by atoms with Crippen LogP contribution in [0.1, 0.15) is 15.9 Å². The van der Waals surface area contributed by atoms with Gasteiger partial charge in [-0.2, -0.15) is 0 Å². The number of carbonyl (C=O) groups excluding carboxylic acids is 2. The summed E-state index contributed by atoms with van der Waals surface area (Å²) in [4.78, 5) is 23.2. The molecule has 0 bridgehead atoms. The third kappa shape index (κ3) is 4.04. The van der Waals surface area contributed by atoms with Crippen molar-refractivity contribution in [2.24, 2.45) is 0 Å². The SMILES string of the molecule is C=CC(=O)Nc1ccc(C(=O)Nc2ccc(C)cc2)cc1. The fourth-order valence-electron chi connectivity index (χ4n) is 1.74. The van der Waals surface area contributed by atoms with Crippen LogP contribution in [0.5, 0.6) is 0 Å². The highest BCUT2D eigenvalue weighted by Gasteiger charge is 2.06. The predicted molar refractivity (Wildman–Crippen MR) is 84.4 cm³/mol. The Balaban J connectivity index is 2.04. The second-order valence-electron chi connectivity index (χ2n) is 4.59. The van der Waals surface area contributed by atoms with Crippen LogP contribution >= 0.6 is 0 Å². The second-order valence-corrected chi connectivity index (χ2v) is 4.59. The zero-order chi connectivity index (χ0) is 15.2. The lowest BCUT2D eigenvalue weighted by atomic mass is 10.1. The molecular formula is C17H16N2O2. The van der Waals surface area contributed by atoms with Gasteiger partial charge >= 0.3 is 0 Å². The van der Waals surface area contributed by atoms with Crippen LogP contribution in [0.2, 0.25) is 0 Å². The Labute approximate surface area is 123 Å². The lowest BCUT2D eigenvalue weighted by Crippen LogP contribution is -2.12. The Hall–Kier alpha value is -2.88. The molecular weight excluding hydrogens is 264 g/mol. The molecule has 0 aromatic heterocycles. The maximum absolute atomic E-state index is 12.1. The van der Waals surface area contributed by atoms with Crippen LogP contribution < -0.4 is 10.6 Å². The van der Waals surface area contributed by atoms with Gasteiger partial charge in [0.1, 0.15) is 0 Å². The molecule has 0 saturated heterocycles. The molecule has 2 rings (SSSR count). The molecule has 4 nitrogen and oxygen atoms in total. The van der Waals surface area contributed by atoms with Crippen LogP contribution in [0.4, 0.5) is 11.4 Å². The van der Waals surface area contributed by atoms with Crippen molar-refractivity contribution in [2.75, 3.05) is 10.6 Å². The monoisotopic (exact) mass is 280 g/mol. The lowest BCUT2D eigenvalue weighted by Gasteiger charge is -2.07. The standard InChI is InChI=1S/C17H16N2O2/c1-3-16(20)18-14-10-6-13(7-11-14)17(21)19-15-8-4-12(2)5-9-15/h3-11H,1H2,2H3,(H,18,20)(H,19,21). The minimum Gasteiger partial charge on any atom is -0.323 e. The highest BCUT2D eigenvalue weighted by Crippen LogP contribution is 2.13. The van der Waals surface area contributed by atoms with E-state index in [4.69, 9.17) is 0 Å². The van der Waals surface area contributed by atoms with Crippen molar-refractivity contribution in [3.63, 3.8) is 0 Å². The van der Waals surface area contributed by atoms with E-state index < -0.39 is 0 Å². The molecule has 0 atom stereocenters. The molecule has 0 aliphatic rings. The van der Waals surface area contributed by atoms with E-state index in [1.54, 1.807) is 24.3 Å². The minimum absolute atomic E-state index is 0.194. The van der Waals surface area contributed by atoms with Crippen molar-refractivity contribution in [3.05, 3.63) is 72.3 Å². The van der Waals surface area contributed by atoms with Gasteiger partial charge < -0.3 is 10.6 Å². The molecule has 2 N–H and O–H groups in total. The molecule has 0 heterocycles. The van der Waals surface area contributed by atoms with Gasteiger partial charge in [-0.25, -0.2) is 0 Å². The molecule has 0 unspecified atom stereocenters. The largest absolute Gasteiger partial charge is 0.323 e. The summed E-state index contributed by atoms with van der Waals surface area (Å²) in [5.74, 6) is -0.479. The topological polar surface area (TPSA) is 58.2 Å². The molecule has 2 aromatic carbocycles. The second kappa shape index (κ2) is 6.52. The van der Waals surface area contributed by atoms with Gasteiger partial charge in [0.25, 0.3) is 5.91 Å². The van der Waals surface area contributed by atoms with E-state index in [0.29, 0.717) is 11.3 Å². The molecule has 106 valence electrons. The number of rotatable bonds is 4. The van der Waals surface area contributed by atoms with E-state index in [1.165, 1.54) is 6.08 Å². The van der Waals surface area contributed by atoms with Crippen molar-refractivity contribution in [2.45, 2.75) is 6.92 Å². The highest BCUT2D eigenvalue weighted by atomic mass is 16.2. The zero-order valence-electron chi connectivity index (χ0n) is 11.7. The Morgan fingerprint density at radius 3 is 2.00 bits per heavy atom. The molecule has 21 heavy (non-hydrogen) atoms. The smallest absolute Gasteiger partial charge is 0.255 e. The summed E-state index contributed by atoms with van der Waals surface area (Å²) in [5, 5.41) is 5.44. The predicted octanol–water partition coefficient (Wildman–Crippen LogP) is 3.37. The first kappa shape index (κ1) is 14.5. The van der Waals surface area contributed by atoms with Gasteiger partial charge in [0.05, 0.1) is 0 Å². The third-order valence-electron chi connectivity index (χ3n) is 2.91. The van der Waals surface area contributed by atoms with Gasteiger partial charge in [0.15, 0.2) is 0 Å². The van der Waals surface area contributed by atoms with Crippen LogP contribution in [-0.4, -0.2) is 11.8 Å². The average Bonchev–Trinajstić information content (AvgIpc) is 2.50. The Kier molecular flexibility index (Phi) is 4.51. The number of anilines is 2. The van der Waals surface area contributed by atoms with Crippen molar-refractivity contribution >= 4 is 23.2 Å². The molecule has 0 saturated carbocycles. The van der Waals surface area contributed by atoms with Crippen molar-refractivity contribution in [1.82, 2.24) is 0 Å². The zero-order valence-corrected chi connectivity index (χ0v) is 11.7. The number of aryl methyl sites for hydroxylation is 1. The quantitative estimate of drug-likeness (QED) is 0.844. The Morgan fingerprint density at radius 1 is 0.905 bits per heavy atom. The summed E-state index contributed by atoms with van der Waals surface area (Å²) in [6.07, 6.45) is 1.19. The molecule has 0 radical (unpaired) electrons. The summed E-state index contributed by atoms with van der Waals surface area (Å²) < 4.78 is 0. The van der Waals surface area contributed by atoms with E-state index in [9.17, 15) is 9.59 Å². The van der Waals surface area contributed by atoms with Crippen LogP contribution in [-0.2, 0) is 4.79 Å². The summed E-state index contributed by atoms with van der Waals surface area (Å²) in [6, 6.07) is 14.2. The summed E-state index contributed by atoms with van der Waals surface area (Å²) in [5.41, 5.74) is 3.02. The van der Waals surface area contributed by atoms with E-state index in [1.807, 2.05) is 31.2 Å². The fraction of sp³-hybridized carbons (Fsp3) is 0.0588. The molecule has 4 heteroatoms. The van der Waals surface area contributed by atoms with Gasteiger partial charge in [0.2, 0.25) is 5.91 Å². The Morgan fingerprint density at radius 2 is 1.43 bits per heavy atom. The van der Waals surface area contributed by atoms with Crippen LogP contribution in [0.3, 0.4) is 0 Å².